The largest absolute Gasteiger partial charge is 0.490 e. The number of ketones is 1. The van der Waals surface area contributed by atoms with Crippen LogP contribution >= 0.6 is 0 Å². The Morgan fingerprint density at radius 2 is 1.94 bits per heavy atom. The van der Waals surface area contributed by atoms with Crippen LogP contribution in [0, 0.1) is 0 Å². The summed E-state index contributed by atoms with van der Waals surface area (Å²) in [4.78, 5) is 33.2. The first kappa shape index (κ1) is 23.5. The summed E-state index contributed by atoms with van der Waals surface area (Å²) in [5.74, 6) is 1.54. The molecule has 1 atom stereocenters. The van der Waals surface area contributed by atoms with E-state index in [4.69, 9.17) is 19.2 Å². The van der Waals surface area contributed by atoms with E-state index >= 15 is 0 Å². The van der Waals surface area contributed by atoms with Gasteiger partial charge < -0.3 is 30.1 Å². The molecule has 1 unspecified atom stereocenters. The van der Waals surface area contributed by atoms with E-state index in [-0.39, 0.29) is 24.9 Å². The average molecular weight is 444 g/mol. The number of hydrogen-bond donors (Lipinski definition) is 3. The van der Waals surface area contributed by atoms with Crippen molar-refractivity contribution in [2.45, 2.75) is 19.4 Å². The molecule has 0 saturated carbocycles. The van der Waals surface area contributed by atoms with Gasteiger partial charge >= 0.3 is 0 Å². The Kier molecular flexibility index (Phi) is 8.85. The quantitative estimate of drug-likeness (QED) is 0.255. The van der Waals surface area contributed by atoms with E-state index in [2.05, 4.69) is 10.6 Å². The Balaban J connectivity index is 1.26. The first-order valence-corrected chi connectivity index (χ1v) is 10.5. The summed E-state index contributed by atoms with van der Waals surface area (Å²) >= 11 is 0. The molecule has 0 spiro atoms. The van der Waals surface area contributed by atoms with Crippen LogP contribution in [-0.2, 0) is 16.1 Å². The van der Waals surface area contributed by atoms with Crippen LogP contribution in [0.1, 0.15) is 22.8 Å². The van der Waals surface area contributed by atoms with E-state index in [1.54, 1.807) is 30.3 Å². The Morgan fingerprint density at radius 3 is 2.72 bits per heavy atom. The molecule has 0 aliphatic carbocycles. The number of nitrogens with one attached hydrogen (secondary N) is 2. The lowest BCUT2D eigenvalue weighted by atomic mass is 10.1. The number of hydrogen-bond acceptors (Lipinski definition) is 8. The van der Waals surface area contributed by atoms with Crippen LogP contribution in [0.3, 0.4) is 0 Å². The predicted octanol–water partition coefficient (Wildman–Crippen LogP) is 1.28. The third kappa shape index (κ3) is 7.23. The zero-order chi connectivity index (χ0) is 22.8. The highest BCUT2D eigenvalue weighted by Crippen LogP contribution is 2.31. The van der Waals surface area contributed by atoms with Gasteiger partial charge in [0.15, 0.2) is 18.1 Å². The van der Waals surface area contributed by atoms with Gasteiger partial charge in [0.1, 0.15) is 24.2 Å². The molecule has 0 aromatic heterocycles. The smallest absolute Gasteiger partial charge is 0.257 e. The van der Waals surface area contributed by atoms with Crippen molar-refractivity contribution in [1.82, 2.24) is 10.6 Å². The van der Waals surface area contributed by atoms with Crippen LogP contribution in [0.25, 0.3) is 0 Å². The van der Waals surface area contributed by atoms with E-state index in [0.717, 1.165) is 5.56 Å². The van der Waals surface area contributed by atoms with Gasteiger partial charge in [0, 0.05) is 37.2 Å². The molecule has 172 valence electrons. The number of carbonyl (C=O) groups is 2. The van der Waals surface area contributed by atoms with Crippen molar-refractivity contribution in [3.8, 4) is 17.2 Å². The molecule has 3 N–H and O–H groups in total. The van der Waals surface area contributed by atoms with Gasteiger partial charge in [0.2, 0.25) is 0 Å². The molecular weight excluding hydrogens is 416 g/mol. The Bertz CT molecular complexity index is 902. The number of carbonyl (C=O) groups excluding carboxylic acids is 2. The van der Waals surface area contributed by atoms with E-state index in [1.807, 2.05) is 12.1 Å². The zero-order valence-electron chi connectivity index (χ0n) is 18.0. The lowest BCUT2D eigenvalue weighted by molar-refractivity contribution is -0.215. The minimum absolute atomic E-state index is 0.0258. The molecule has 9 nitrogen and oxygen atoms in total. The zero-order valence-corrected chi connectivity index (χ0v) is 18.0. The second kappa shape index (κ2) is 12.0. The van der Waals surface area contributed by atoms with Gasteiger partial charge in [-0.2, -0.15) is 4.89 Å². The van der Waals surface area contributed by atoms with Gasteiger partial charge in [-0.05, 0) is 43.3 Å². The summed E-state index contributed by atoms with van der Waals surface area (Å²) in [6, 6.07) is 12.1. The molecule has 0 saturated heterocycles. The summed E-state index contributed by atoms with van der Waals surface area (Å²) in [5.41, 5.74) is 1.52. The minimum Gasteiger partial charge on any atom is -0.490 e. The molecule has 3 rings (SSSR count). The number of rotatable bonds is 12. The number of aliphatic hydroxyl groups is 1. The molecule has 1 amide bonds. The van der Waals surface area contributed by atoms with Crippen LogP contribution in [0.5, 0.6) is 17.2 Å². The highest BCUT2D eigenvalue weighted by Gasteiger charge is 2.17. The molecule has 1 aliphatic heterocycles. The molecule has 0 fully saturated rings. The van der Waals surface area contributed by atoms with Crippen molar-refractivity contribution in [3.05, 3.63) is 53.6 Å². The third-order valence-electron chi connectivity index (χ3n) is 4.74. The minimum atomic E-state index is -0.705. The second-order valence-electron chi connectivity index (χ2n) is 7.28. The topological polar surface area (TPSA) is 115 Å². The normalized spacial score (nSPS) is 13.4. The third-order valence-corrected chi connectivity index (χ3v) is 4.74. The SMILES string of the molecule is CC(=O)c1ccc(OCC(=O)NCCNCC(O)COc2cccc3c2CCOO3)cc1. The van der Waals surface area contributed by atoms with Crippen LogP contribution < -0.4 is 25.0 Å². The fourth-order valence-electron chi connectivity index (χ4n) is 3.04. The molecule has 0 radical (unpaired) electrons. The van der Waals surface area contributed by atoms with Gasteiger partial charge in [-0.3, -0.25) is 9.59 Å². The van der Waals surface area contributed by atoms with Crippen LogP contribution in [0.15, 0.2) is 42.5 Å². The van der Waals surface area contributed by atoms with Crippen molar-refractivity contribution >= 4 is 11.7 Å². The van der Waals surface area contributed by atoms with Crippen LogP contribution in [-0.4, -0.2) is 62.4 Å². The molecular formula is C23H28N2O7. The standard InChI is InChI=1S/C23H28N2O7/c1-16(26)17-5-7-19(8-6-17)29-15-23(28)25-11-10-24-13-18(27)14-30-21-3-2-4-22-20(21)9-12-31-32-22/h2-8,18,24,27H,9-15H2,1H3,(H,25,28). The number of benzene rings is 2. The van der Waals surface area contributed by atoms with Crippen molar-refractivity contribution in [2.75, 3.05) is 39.5 Å². The number of Topliss-reactive ketones (excluding diaryl/α,β-unsaturated/α-hetero) is 1. The molecule has 2 aromatic carbocycles. The van der Waals surface area contributed by atoms with E-state index in [0.29, 0.717) is 55.5 Å². The molecule has 1 aliphatic rings. The van der Waals surface area contributed by atoms with Crippen molar-refractivity contribution in [3.63, 3.8) is 0 Å². The lowest BCUT2D eigenvalue weighted by Gasteiger charge is -2.20. The van der Waals surface area contributed by atoms with Crippen molar-refractivity contribution in [1.29, 1.82) is 0 Å². The maximum absolute atomic E-state index is 11.9. The predicted molar refractivity (Wildman–Crippen MR) is 116 cm³/mol. The Morgan fingerprint density at radius 1 is 1.12 bits per heavy atom. The summed E-state index contributed by atoms with van der Waals surface area (Å²) in [6.07, 6.45) is -0.0175. The van der Waals surface area contributed by atoms with Gasteiger partial charge in [-0.1, -0.05) is 6.07 Å². The number of fused-ring (bicyclic) bond motifs is 1. The second-order valence-corrected chi connectivity index (χ2v) is 7.28. The molecule has 1 heterocycles. The maximum atomic E-state index is 11.9. The van der Waals surface area contributed by atoms with Crippen LogP contribution in [0.2, 0.25) is 0 Å². The van der Waals surface area contributed by atoms with Crippen LogP contribution in [0.4, 0.5) is 0 Å². The summed E-state index contributed by atoms with van der Waals surface area (Å²) in [6.45, 7) is 3.16. The van der Waals surface area contributed by atoms with Gasteiger partial charge in [0.05, 0.1) is 6.61 Å². The summed E-state index contributed by atoms with van der Waals surface area (Å²) in [7, 11) is 0. The fraction of sp³-hybridized carbons (Fsp3) is 0.391. The Labute approximate surface area is 186 Å². The molecule has 9 heteroatoms. The molecule has 0 bridgehead atoms. The highest BCUT2D eigenvalue weighted by atomic mass is 17.2. The van der Waals surface area contributed by atoms with E-state index in [1.165, 1.54) is 6.92 Å². The van der Waals surface area contributed by atoms with Gasteiger partial charge in [-0.15, -0.1) is 0 Å². The number of aliphatic hydroxyl groups excluding tert-OH is 1. The van der Waals surface area contributed by atoms with Crippen molar-refractivity contribution in [2.24, 2.45) is 0 Å². The van der Waals surface area contributed by atoms with Gasteiger partial charge in [-0.25, -0.2) is 0 Å². The molecule has 32 heavy (non-hydrogen) atoms. The average Bonchev–Trinajstić information content (AvgIpc) is 2.81. The maximum Gasteiger partial charge on any atom is 0.257 e. The first-order valence-electron chi connectivity index (χ1n) is 10.5. The van der Waals surface area contributed by atoms with Gasteiger partial charge in [0.25, 0.3) is 5.91 Å². The number of ether oxygens (including phenoxy) is 2. The first-order chi connectivity index (χ1) is 15.5. The molecule has 2 aromatic rings. The van der Waals surface area contributed by atoms with E-state index in [9.17, 15) is 14.7 Å². The monoisotopic (exact) mass is 444 g/mol. The highest BCUT2D eigenvalue weighted by molar-refractivity contribution is 5.94. The summed E-state index contributed by atoms with van der Waals surface area (Å²) < 4.78 is 11.1. The Hall–Kier alpha value is -3.14. The summed E-state index contributed by atoms with van der Waals surface area (Å²) in [5, 5.41) is 15.9. The lowest BCUT2D eigenvalue weighted by Crippen LogP contribution is -2.38. The fourth-order valence-corrected chi connectivity index (χ4v) is 3.04. The van der Waals surface area contributed by atoms with Crippen molar-refractivity contribution < 1.29 is 33.9 Å². The number of amides is 1. The van der Waals surface area contributed by atoms with E-state index < -0.39 is 6.10 Å².